The van der Waals surface area contributed by atoms with Gasteiger partial charge in [0, 0.05) is 11.2 Å². The van der Waals surface area contributed by atoms with Crippen LogP contribution in [0.3, 0.4) is 0 Å². The third-order valence-electron chi connectivity index (χ3n) is 1.49. The highest BCUT2D eigenvalue weighted by Gasteiger charge is 2.33. The van der Waals surface area contributed by atoms with E-state index >= 15 is 0 Å². The largest absolute Gasteiger partial charge is 0.353 e. The van der Waals surface area contributed by atoms with Gasteiger partial charge in [-0.25, -0.2) is 0 Å². The van der Waals surface area contributed by atoms with E-state index in [1.165, 1.54) is 5.82 Å². The molecule has 1 saturated heterocycles. The van der Waals surface area contributed by atoms with Crippen LogP contribution in [0.1, 0.15) is 13.8 Å². The van der Waals surface area contributed by atoms with Gasteiger partial charge in [-0.3, -0.25) is 4.57 Å². The molecule has 0 amide bonds. The molecule has 0 unspecified atom stereocenters. The maximum absolute atomic E-state index is 11.3. The van der Waals surface area contributed by atoms with Gasteiger partial charge in [0.25, 0.3) is 0 Å². The van der Waals surface area contributed by atoms with Gasteiger partial charge in [-0.2, -0.15) is 0 Å². The second-order valence-electron chi connectivity index (χ2n) is 3.43. The quantitative estimate of drug-likeness (QED) is 0.575. The first kappa shape index (κ1) is 8.98. The van der Waals surface area contributed by atoms with Crippen LogP contribution in [-0.2, 0) is 13.6 Å². The molecule has 0 aliphatic carbocycles. The monoisotopic (exact) mass is 176 g/mol. The van der Waals surface area contributed by atoms with Crippen molar-refractivity contribution in [3.8, 4) is 0 Å². The second-order valence-corrected chi connectivity index (χ2v) is 5.39. The average Bonchev–Trinajstić information content (AvgIpc) is 1.97. The van der Waals surface area contributed by atoms with Crippen molar-refractivity contribution in [1.82, 2.24) is 0 Å². The molecule has 1 heterocycles. The van der Waals surface area contributed by atoms with Gasteiger partial charge >= 0.3 is 7.60 Å². The number of rotatable bonds is 1. The molecule has 1 rings (SSSR count). The molecule has 3 nitrogen and oxygen atoms in total. The molecule has 11 heavy (non-hydrogen) atoms. The molecule has 4 heteroatoms. The lowest BCUT2D eigenvalue weighted by atomic mass is 9.97. The van der Waals surface area contributed by atoms with Crippen molar-refractivity contribution in [3.05, 3.63) is 12.4 Å². The third kappa shape index (κ3) is 2.16. The van der Waals surface area contributed by atoms with E-state index in [4.69, 9.17) is 9.05 Å². The van der Waals surface area contributed by atoms with Crippen LogP contribution in [0.2, 0.25) is 0 Å². The van der Waals surface area contributed by atoms with Crippen molar-refractivity contribution in [2.45, 2.75) is 13.8 Å². The normalized spacial score (nSPS) is 27.8. The van der Waals surface area contributed by atoms with Crippen LogP contribution in [0.15, 0.2) is 12.4 Å². The lowest BCUT2D eigenvalue weighted by Gasteiger charge is -2.32. The highest BCUT2D eigenvalue weighted by molar-refractivity contribution is 7.57. The minimum absolute atomic E-state index is 0.0308. The predicted octanol–water partition coefficient (Wildman–Crippen LogP) is 2.40. The first-order chi connectivity index (χ1) is 4.97. The molecule has 0 aromatic carbocycles. The van der Waals surface area contributed by atoms with Gasteiger partial charge in [-0.15, -0.1) is 0 Å². The molecule has 1 aliphatic heterocycles. The third-order valence-corrected chi connectivity index (χ3v) is 2.92. The lowest BCUT2D eigenvalue weighted by Crippen LogP contribution is -2.28. The van der Waals surface area contributed by atoms with Crippen molar-refractivity contribution >= 4 is 7.60 Å². The molecule has 64 valence electrons. The fourth-order valence-corrected chi connectivity index (χ4v) is 2.06. The summed E-state index contributed by atoms with van der Waals surface area (Å²) in [6.07, 6.45) is 0. The Hall–Kier alpha value is -0.110. The Morgan fingerprint density at radius 2 is 1.91 bits per heavy atom. The smallest absolute Gasteiger partial charge is 0.305 e. The molecule has 0 spiro atoms. The molecule has 0 bridgehead atoms. The van der Waals surface area contributed by atoms with E-state index in [0.717, 1.165) is 0 Å². The second kappa shape index (κ2) is 2.74. The minimum atomic E-state index is -2.91. The van der Waals surface area contributed by atoms with E-state index in [1.54, 1.807) is 0 Å². The van der Waals surface area contributed by atoms with Crippen LogP contribution in [0.25, 0.3) is 0 Å². The zero-order valence-electron chi connectivity index (χ0n) is 6.87. The minimum Gasteiger partial charge on any atom is -0.305 e. The van der Waals surface area contributed by atoms with E-state index in [1.807, 2.05) is 13.8 Å². The van der Waals surface area contributed by atoms with E-state index in [0.29, 0.717) is 13.2 Å². The predicted molar refractivity (Wildman–Crippen MR) is 43.5 cm³/mol. The molecule has 0 N–H and O–H groups in total. The Balaban J connectivity index is 2.62. The van der Waals surface area contributed by atoms with Crippen molar-refractivity contribution in [3.63, 3.8) is 0 Å². The fourth-order valence-electron chi connectivity index (χ4n) is 0.714. The molecular weight excluding hydrogens is 163 g/mol. The SMILES string of the molecule is C=CP1(=O)OCC(C)(C)CO1. The van der Waals surface area contributed by atoms with Gasteiger partial charge in [0.1, 0.15) is 0 Å². The van der Waals surface area contributed by atoms with Gasteiger partial charge in [0.2, 0.25) is 0 Å². The Kier molecular flexibility index (Phi) is 2.24. The van der Waals surface area contributed by atoms with E-state index < -0.39 is 7.60 Å². The standard InChI is InChI=1S/C7H13O3P/c1-4-11(8)9-5-7(2,3)6-10-11/h4H,1,5-6H2,2-3H3. The summed E-state index contributed by atoms with van der Waals surface area (Å²) in [5.74, 6) is 1.25. The molecule has 0 aromatic heterocycles. The zero-order chi connectivity index (χ0) is 8.54. The Morgan fingerprint density at radius 3 is 2.27 bits per heavy atom. The molecular formula is C7H13O3P. The Labute approximate surface area is 66.9 Å². The Bertz CT molecular complexity index is 196. The topological polar surface area (TPSA) is 35.5 Å². The molecule has 1 fully saturated rings. The van der Waals surface area contributed by atoms with E-state index in [2.05, 4.69) is 6.58 Å². The van der Waals surface area contributed by atoms with Gasteiger partial charge in [-0.05, 0) is 0 Å². The molecule has 0 aromatic rings. The summed E-state index contributed by atoms with van der Waals surface area (Å²) in [7, 11) is -2.91. The van der Waals surface area contributed by atoms with Gasteiger partial charge in [0.15, 0.2) is 0 Å². The van der Waals surface area contributed by atoms with Crippen LogP contribution >= 0.6 is 7.60 Å². The number of hydrogen-bond acceptors (Lipinski definition) is 3. The highest BCUT2D eigenvalue weighted by atomic mass is 31.2. The number of hydrogen-bond donors (Lipinski definition) is 0. The van der Waals surface area contributed by atoms with Crippen molar-refractivity contribution in [1.29, 1.82) is 0 Å². The first-order valence-electron chi connectivity index (χ1n) is 3.50. The van der Waals surface area contributed by atoms with Gasteiger partial charge in [0.05, 0.1) is 13.2 Å². The van der Waals surface area contributed by atoms with Crippen LogP contribution in [0.4, 0.5) is 0 Å². The van der Waals surface area contributed by atoms with Gasteiger partial charge in [-0.1, -0.05) is 20.4 Å². The average molecular weight is 176 g/mol. The fraction of sp³-hybridized carbons (Fsp3) is 0.714. The summed E-state index contributed by atoms with van der Waals surface area (Å²) in [4.78, 5) is 0. The molecule has 0 radical (unpaired) electrons. The molecule has 0 saturated carbocycles. The van der Waals surface area contributed by atoms with Crippen LogP contribution in [0.5, 0.6) is 0 Å². The molecule has 0 atom stereocenters. The van der Waals surface area contributed by atoms with Crippen molar-refractivity contribution in [2.75, 3.05) is 13.2 Å². The maximum Gasteiger partial charge on any atom is 0.353 e. The van der Waals surface area contributed by atoms with Crippen LogP contribution in [0, 0.1) is 5.41 Å². The first-order valence-corrected chi connectivity index (χ1v) is 5.11. The van der Waals surface area contributed by atoms with E-state index in [-0.39, 0.29) is 5.41 Å². The summed E-state index contributed by atoms with van der Waals surface area (Å²) < 4.78 is 21.4. The van der Waals surface area contributed by atoms with Crippen molar-refractivity contribution < 1.29 is 13.6 Å². The van der Waals surface area contributed by atoms with Crippen LogP contribution in [-0.4, -0.2) is 13.2 Å². The van der Waals surface area contributed by atoms with Crippen LogP contribution < -0.4 is 0 Å². The molecule has 1 aliphatic rings. The van der Waals surface area contributed by atoms with Gasteiger partial charge < -0.3 is 9.05 Å². The lowest BCUT2D eigenvalue weighted by molar-refractivity contribution is 0.0458. The summed E-state index contributed by atoms with van der Waals surface area (Å²) in [6.45, 7) is 8.33. The highest BCUT2D eigenvalue weighted by Crippen LogP contribution is 2.54. The van der Waals surface area contributed by atoms with Crippen molar-refractivity contribution in [2.24, 2.45) is 5.41 Å². The Morgan fingerprint density at radius 1 is 1.45 bits per heavy atom. The zero-order valence-corrected chi connectivity index (χ0v) is 7.77. The van der Waals surface area contributed by atoms with E-state index in [9.17, 15) is 4.57 Å². The summed E-state index contributed by atoms with van der Waals surface area (Å²) in [6, 6.07) is 0. The summed E-state index contributed by atoms with van der Waals surface area (Å²) >= 11 is 0. The summed E-state index contributed by atoms with van der Waals surface area (Å²) in [5.41, 5.74) is -0.0308. The maximum atomic E-state index is 11.3. The summed E-state index contributed by atoms with van der Waals surface area (Å²) in [5, 5.41) is 0.